The van der Waals surface area contributed by atoms with E-state index in [1.807, 2.05) is 72.8 Å². The van der Waals surface area contributed by atoms with Crippen molar-refractivity contribution in [1.82, 2.24) is 4.98 Å². The molecular weight excluding hydrogens is 272 g/mol. The van der Waals surface area contributed by atoms with Gasteiger partial charge in [-0.25, -0.2) is 4.98 Å². The summed E-state index contributed by atoms with van der Waals surface area (Å²) in [7, 11) is 0. The first-order chi connectivity index (χ1) is 10.8. The molecule has 2 N–H and O–H groups in total. The molecule has 0 radical (unpaired) electrons. The highest BCUT2D eigenvalue weighted by atomic mass is 16.3. The second kappa shape index (κ2) is 5.04. The Hall–Kier alpha value is -3.07. The number of hydrogen-bond acceptors (Lipinski definition) is 3. The lowest BCUT2D eigenvalue weighted by atomic mass is 10.0. The number of benzene rings is 3. The van der Waals surface area contributed by atoms with E-state index >= 15 is 0 Å². The van der Waals surface area contributed by atoms with Crippen molar-refractivity contribution in [2.75, 3.05) is 5.73 Å². The van der Waals surface area contributed by atoms with Gasteiger partial charge in [0.1, 0.15) is 5.52 Å². The molecule has 3 nitrogen and oxygen atoms in total. The zero-order chi connectivity index (χ0) is 14.9. The van der Waals surface area contributed by atoms with Gasteiger partial charge in [-0.1, -0.05) is 42.5 Å². The second-order valence-electron chi connectivity index (χ2n) is 5.15. The fraction of sp³-hybridized carbons (Fsp3) is 0. The van der Waals surface area contributed by atoms with E-state index in [0.29, 0.717) is 5.89 Å². The van der Waals surface area contributed by atoms with Crippen LogP contribution in [0.3, 0.4) is 0 Å². The molecule has 106 valence electrons. The van der Waals surface area contributed by atoms with Crippen molar-refractivity contribution < 1.29 is 4.42 Å². The molecule has 22 heavy (non-hydrogen) atoms. The van der Waals surface area contributed by atoms with Gasteiger partial charge in [0.2, 0.25) is 5.89 Å². The number of nitrogens with zero attached hydrogens (tertiary/aromatic N) is 1. The van der Waals surface area contributed by atoms with Gasteiger partial charge in [0.15, 0.2) is 5.58 Å². The number of oxazole rings is 1. The third-order valence-corrected chi connectivity index (χ3v) is 3.70. The highest BCUT2D eigenvalue weighted by Gasteiger charge is 2.08. The Balaban J connectivity index is 1.74. The van der Waals surface area contributed by atoms with Crippen molar-refractivity contribution in [2.24, 2.45) is 0 Å². The van der Waals surface area contributed by atoms with E-state index in [0.717, 1.165) is 33.5 Å². The molecule has 0 aliphatic heterocycles. The molecule has 3 aromatic carbocycles. The van der Waals surface area contributed by atoms with Crippen LogP contribution in [-0.2, 0) is 0 Å². The van der Waals surface area contributed by atoms with Crippen molar-refractivity contribution in [2.45, 2.75) is 0 Å². The van der Waals surface area contributed by atoms with Crippen LogP contribution in [0.25, 0.3) is 33.7 Å². The minimum atomic E-state index is 0.633. The maximum absolute atomic E-state index is 6.02. The van der Waals surface area contributed by atoms with Gasteiger partial charge in [0.05, 0.1) is 0 Å². The number of hydrogen-bond donors (Lipinski definition) is 1. The van der Waals surface area contributed by atoms with Crippen molar-refractivity contribution in [3.8, 4) is 22.6 Å². The highest BCUT2D eigenvalue weighted by Crippen LogP contribution is 2.29. The largest absolute Gasteiger partial charge is 0.436 e. The van der Waals surface area contributed by atoms with Crippen LogP contribution in [-0.4, -0.2) is 4.98 Å². The summed E-state index contributed by atoms with van der Waals surface area (Å²) in [5, 5.41) is 0. The van der Waals surface area contributed by atoms with Crippen LogP contribution < -0.4 is 5.73 Å². The number of nitrogen functional groups attached to an aromatic ring is 1. The fourth-order valence-electron chi connectivity index (χ4n) is 2.55. The Bertz CT molecular complexity index is 906. The summed E-state index contributed by atoms with van der Waals surface area (Å²) < 4.78 is 5.79. The van der Waals surface area contributed by atoms with Gasteiger partial charge in [0.25, 0.3) is 0 Å². The molecule has 0 saturated heterocycles. The van der Waals surface area contributed by atoms with E-state index in [4.69, 9.17) is 10.2 Å². The lowest BCUT2D eigenvalue weighted by Gasteiger charge is -2.05. The molecule has 4 aromatic rings. The smallest absolute Gasteiger partial charge is 0.227 e. The maximum atomic E-state index is 6.02. The van der Waals surface area contributed by atoms with E-state index in [2.05, 4.69) is 4.98 Å². The topological polar surface area (TPSA) is 52.0 Å². The molecule has 0 amide bonds. The molecule has 0 saturated carbocycles. The molecule has 1 aromatic heterocycles. The van der Waals surface area contributed by atoms with Crippen LogP contribution in [0.15, 0.2) is 77.2 Å². The zero-order valence-electron chi connectivity index (χ0n) is 11.9. The van der Waals surface area contributed by atoms with Crippen molar-refractivity contribution in [1.29, 1.82) is 0 Å². The Morgan fingerprint density at radius 1 is 0.727 bits per heavy atom. The first kappa shape index (κ1) is 12.7. The van der Waals surface area contributed by atoms with Gasteiger partial charge in [-0.05, 0) is 35.9 Å². The Kier molecular flexibility index (Phi) is 2.90. The average molecular weight is 286 g/mol. The average Bonchev–Trinajstić information content (AvgIpc) is 2.99. The van der Waals surface area contributed by atoms with E-state index < -0.39 is 0 Å². The predicted octanol–water partition coefficient (Wildman–Crippen LogP) is 4.74. The van der Waals surface area contributed by atoms with Gasteiger partial charge in [-0.15, -0.1) is 0 Å². The Morgan fingerprint density at radius 2 is 1.41 bits per heavy atom. The Morgan fingerprint density at radius 3 is 2.18 bits per heavy atom. The van der Waals surface area contributed by atoms with Gasteiger partial charge >= 0.3 is 0 Å². The number of rotatable bonds is 2. The molecular formula is C19H14N2O. The van der Waals surface area contributed by atoms with Gasteiger partial charge in [-0.2, -0.15) is 0 Å². The summed E-state index contributed by atoms with van der Waals surface area (Å²) in [6.07, 6.45) is 0. The standard InChI is InChI=1S/C19H14N2O/c20-16-6-2-1-5-15(16)13-9-11-14(12-10-13)19-21-17-7-3-4-8-18(17)22-19/h1-12H,20H2. The van der Waals surface area contributed by atoms with E-state index in [1.54, 1.807) is 0 Å². The van der Waals surface area contributed by atoms with Crippen LogP contribution in [0.5, 0.6) is 0 Å². The molecule has 0 aliphatic carbocycles. The van der Waals surface area contributed by atoms with Crippen molar-refractivity contribution in [3.63, 3.8) is 0 Å². The zero-order valence-corrected chi connectivity index (χ0v) is 11.9. The number of para-hydroxylation sites is 3. The van der Waals surface area contributed by atoms with E-state index in [9.17, 15) is 0 Å². The molecule has 0 aliphatic rings. The summed E-state index contributed by atoms with van der Waals surface area (Å²) in [4.78, 5) is 4.51. The predicted molar refractivity (Wildman–Crippen MR) is 89.3 cm³/mol. The molecule has 4 rings (SSSR count). The van der Waals surface area contributed by atoms with Crippen LogP contribution in [0.4, 0.5) is 5.69 Å². The van der Waals surface area contributed by atoms with E-state index in [-0.39, 0.29) is 0 Å². The molecule has 0 atom stereocenters. The lowest BCUT2D eigenvalue weighted by molar-refractivity contribution is 0.620. The fourth-order valence-corrected chi connectivity index (χ4v) is 2.55. The number of anilines is 1. The van der Waals surface area contributed by atoms with Crippen LogP contribution >= 0.6 is 0 Å². The minimum Gasteiger partial charge on any atom is -0.436 e. The molecule has 3 heteroatoms. The second-order valence-corrected chi connectivity index (χ2v) is 5.15. The number of aromatic nitrogens is 1. The van der Waals surface area contributed by atoms with Crippen LogP contribution in [0.2, 0.25) is 0 Å². The quantitative estimate of drug-likeness (QED) is 0.541. The summed E-state index contributed by atoms with van der Waals surface area (Å²) in [5.74, 6) is 0.633. The molecule has 0 spiro atoms. The molecule has 0 fully saturated rings. The van der Waals surface area contributed by atoms with Crippen LogP contribution in [0, 0.1) is 0 Å². The summed E-state index contributed by atoms with van der Waals surface area (Å²) in [6.45, 7) is 0. The van der Waals surface area contributed by atoms with Crippen molar-refractivity contribution in [3.05, 3.63) is 72.8 Å². The van der Waals surface area contributed by atoms with E-state index in [1.165, 1.54) is 0 Å². The summed E-state index contributed by atoms with van der Waals surface area (Å²) in [6, 6.07) is 23.7. The lowest BCUT2D eigenvalue weighted by Crippen LogP contribution is -1.89. The SMILES string of the molecule is Nc1ccccc1-c1ccc(-c2nc3ccccc3o2)cc1. The monoisotopic (exact) mass is 286 g/mol. The van der Waals surface area contributed by atoms with Gasteiger partial charge in [-0.3, -0.25) is 0 Å². The minimum absolute atomic E-state index is 0.633. The van der Waals surface area contributed by atoms with Crippen molar-refractivity contribution >= 4 is 16.8 Å². The maximum Gasteiger partial charge on any atom is 0.227 e. The molecule has 0 bridgehead atoms. The Labute approximate surface area is 128 Å². The first-order valence-corrected chi connectivity index (χ1v) is 7.12. The summed E-state index contributed by atoms with van der Waals surface area (Å²) >= 11 is 0. The van der Waals surface area contributed by atoms with Gasteiger partial charge in [0, 0.05) is 16.8 Å². The molecule has 1 heterocycles. The first-order valence-electron chi connectivity index (χ1n) is 7.12. The van der Waals surface area contributed by atoms with Gasteiger partial charge < -0.3 is 10.2 Å². The van der Waals surface area contributed by atoms with Crippen LogP contribution in [0.1, 0.15) is 0 Å². The summed E-state index contributed by atoms with van der Waals surface area (Å²) in [5.41, 5.74) is 11.5. The molecule has 0 unspecified atom stereocenters. The normalized spacial score (nSPS) is 10.9. The number of nitrogens with two attached hydrogens (primary N) is 1. The number of fused-ring (bicyclic) bond motifs is 1. The third kappa shape index (κ3) is 2.13. The third-order valence-electron chi connectivity index (χ3n) is 3.70. The highest BCUT2D eigenvalue weighted by molar-refractivity contribution is 5.79.